The number of likely N-dealkylation sites (tertiary alicyclic amines) is 1. The van der Waals surface area contributed by atoms with E-state index in [1.165, 1.54) is 0 Å². The van der Waals surface area contributed by atoms with E-state index in [4.69, 9.17) is 5.11 Å². The lowest BCUT2D eigenvalue weighted by atomic mass is 9.91. The third-order valence-electron chi connectivity index (χ3n) is 4.63. The summed E-state index contributed by atoms with van der Waals surface area (Å²) in [5.74, 6) is -1.13. The van der Waals surface area contributed by atoms with E-state index >= 15 is 0 Å². The van der Waals surface area contributed by atoms with Crippen molar-refractivity contribution < 1.29 is 19.5 Å². The predicted octanol–water partition coefficient (Wildman–Crippen LogP) is 1.25. The summed E-state index contributed by atoms with van der Waals surface area (Å²) in [6, 6.07) is 0. The summed E-state index contributed by atoms with van der Waals surface area (Å²) in [7, 11) is 0. The third-order valence-corrected chi connectivity index (χ3v) is 4.63. The van der Waals surface area contributed by atoms with Crippen LogP contribution in [-0.4, -0.2) is 47.4 Å². The van der Waals surface area contributed by atoms with E-state index in [1.54, 1.807) is 4.90 Å². The molecule has 0 aromatic rings. The predicted molar refractivity (Wildman–Crippen MR) is 81.1 cm³/mol. The molecule has 2 fully saturated rings. The van der Waals surface area contributed by atoms with E-state index < -0.39 is 16.8 Å². The average molecular weight is 310 g/mol. The van der Waals surface area contributed by atoms with Crippen LogP contribution in [0, 0.1) is 16.7 Å². The van der Waals surface area contributed by atoms with Crippen molar-refractivity contribution >= 4 is 17.8 Å². The SMILES string of the molecule is CC(C)(C)C(=O)N1CCCC(C(=O)NCC2(C(=O)O)CC2)C1. The van der Waals surface area contributed by atoms with Crippen LogP contribution in [0.4, 0.5) is 0 Å². The molecule has 0 spiro atoms. The van der Waals surface area contributed by atoms with Crippen molar-refractivity contribution in [3.8, 4) is 0 Å². The summed E-state index contributed by atoms with van der Waals surface area (Å²) in [5, 5.41) is 11.9. The Balaban J connectivity index is 1.88. The minimum absolute atomic E-state index is 0.0641. The van der Waals surface area contributed by atoms with Gasteiger partial charge in [0.25, 0.3) is 0 Å². The molecule has 0 aromatic carbocycles. The van der Waals surface area contributed by atoms with Gasteiger partial charge in [-0.25, -0.2) is 0 Å². The largest absolute Gasteiger partial charge is 0.481 e. The fourth-order valence-corrected chi connectivity index (χ4v) is 2.87. The number of carboxylic acids is 1. The van der Waals surface area contributed by atoms with Gasteiger partial charge < -0.3 is 15.3 Å². The van der Waals surface area contributed by atoms with Gasteiger partial charge >= 0.3 is 5.97 Å². The number of carbonyl (C=O) groups is 3. The molecule has 2 amide bonds. The Labute approximate surface area is 131 Å². The van der Waals surface area contributed by atoms with E-state index in [0.29, 0.717) is 25.9 Å². The van der Waals surface area contributed by atoms with E-state index in [0.717, 1.165) is 12.8 Å². The second-order valence-electron chi connectivity index (χ2n) is 7.64. The van der Waals surface area contributed by atoms with Crippen molar-refractivity contribution in [2.75, 3.05) is 19.6 Å². The number of piperidine rings is 1. The first-order chi connectivity index (χ1) is 10.2. The second-order valence-corrected chi connectivity index (χ2v) is 7.64. The molecule has 0 aromatic heterocycles. The molecule has 2 aliphatic rings. The molecule has 0 radical (unpaired) electrons. The topological polar surface area (TPSA) is 86.7 Å². The van der Waals surface area contributed by atoms with Gasteiger partial charge in [0, 0.05) is 25.0 Å². The highest BCUT2D eigenvalue weighted by molar-refractivity contribution is 5.84. The number of hydrogen-bond donors (Lipinski definition) is 2. The van der Waals surface area contributed by atoms with Gasteiger partial charge in [0.2, 0.25) is 11.8 Å². The van der Waals surface area contributed by atoms with Crippen LogP contribution in [0.2, 0.25) is 0 Å². The van der Waals surface area contributed by atoms with Crippen molar-refractivity contribution in [1.82, 2.24) is 10.2 Å². The molecular weight excluding hydrogens is 284 g/mol. The number of amides is 2. The molecular formula is C16H26N2O4. The Kier molecular flexibility index (Phi) is 4.49. The maximum Gasteiger partial charge on any atom is 0.311 e. The van der Waals surface area contributed by atoms with Crippen LogP contribution in [0.5, 0.6) is 0 Å². The molecule has 1 heterocycles. The van der Waals surface area contributed by atoms with Crippen LogP contribution in [0.15, 0.2) is 0 Å². The van der Waals surface area contributed by atoms with Crippen molar-refractivity contribution in [3.63, 3.8) is 0 Å². The van der Waals surface area contributed by atoms with Gasteiger partial charge in [-0.1, -0.05) is 20.8 Å². The minimum Gasteiger partial charge on any atom is -0.481 e. The first-order valence-corrected chi connectivity index (χ1v) is 7.96. The Hall–Kier alpha value is -1.59. The van der Waals surface area contributed by atoms with Crippen molar-refractivity contribution in [2.24, 2.45) is 16.7 Å². The standard InChI is InChI=1S/C16H26N2O4/c1-15(2,3)13(20)18-8-4-5-11(9-18)12(19)17-10-16(6-7-16)14(21)22/h11H,4-10H2,1-3H3,(H,17,19)(H,21,22). The molecule has 1 atom stereocenters. The number of nitrogens with zero attached hydrogens (tertiary/aromatic N) is 1. The molecule has 1 aliphatic carbocycles. The lowest BCUT2D eigenvalue weighted by Crippen LogP contribution is -2.49. The van der Waals surface area contributed by atoms with E-state index in [-0.39, 0.29) is 24.3 Å². The van der Waals surface area contributed by atoms with Gasteiger partial charge in [-0.3, -0.25) is 14.4 Å². The third kappa shape index (κ3) is 3.59. The van der Waals surface area contributed by atoms with Crippen LogP contribution in [0.25, 0.3) is 0 Å². The number of aliphatic carboxylic acids is 1. The monoisotopic (exact) mass is 310 g/mol. The molecule has 1 saturated heterocycles. The molecule has 0 bridgehead atoms. The summed E-state index contributed by atoms with van der Waals surface area (Å²) in [4.78, 5) is 37.5. The molecule has 22 heavy (non-hydrogen) atoms. The highest BCUT2D eigenvalue weighted by Gasteiger charge is 2.50. The molecule has 6 nitrogen and oxygen atoms in total. The van der Waals surface area contributed by atoms with Crippen molar-refractivity contribution in [3.05, 3.63) is 0 Å². The van der Waals surface area contributed by atoms with Crippen LogP contribution in [-0.2, 0) is 14.4 Å². The number of rotatable bonds is 4. The molecule has 1 unspecified atom stereocenters. The van der Waals surface area contributed by atoms with Crippen LogP contribution in [0.1, 0.15) is 46.5 Å². The summed E-state index contributed by atoms with van der Waals surface area (Å²) in [5.41, 5.74) is -1.19. The number of carboxylic acid groups (broad SMARTS) is 1. The summed E-state index contributed by atoms with van der Waals surface area (Å²) in [6.45, 7) is 6.96. The second kappa shape index (κ2) is 5.89. The first kappa shape index (κ1) is 16.8. The zero-order valence-electron chi connectivity index (χ0n) is 13.6. The van der Waals surface area contributed by atoms with Gasteiger partial charge in [0.1, 0.15) is 0 Å². The number of nitrogens with one attached hydrogen (secondary N) is 1. The van der Waals surface area contributed by atoms with Gasteiger partial charge in [-0.2, -0.15) is 0 Å². The quantitative estimate of drug-likeness (QED) is 0.818. The average Bonchev–Trinajstić information content (AvgIpc) is 3.24. The fourth-order valence-electron chi connectivity index (χ4n) is 2.87. The Morgan fingerprint density at radius 1 is 1.27 bits per heavy atom. The molecule has 2 rings (SSSR count). The van der Waals surface area contributed by atoms with Gasteiger partial charge in [-0.15, -0.1) is 0 Å². The zero-order valence-corrected chi connectivity index (χ0v) is 13.6. The summed E-state index contributed by atoms with van der Waals surface area (Å²) in [6.07, 6.45) is 2.81. The normalized spacial score (nSPS) is 23.8. The number of hydrogen-bond acceptors (Lipinski definition) is 3. The first-order valence-electron chi connectivity index (χ1n) is 7.96. The smallest absolute Gasteiger partial charge is 0.311 e. The molecule has 6 heteroatoms. The van der Waals surface area contributed by atoms with Crippen molar-refractivity contribution in [1.29, 1.82) is 0 Å². The zero-order chi connectivity index (χ0) is 16.5. The van der Waals surface area contributed by atoms with Crippen LogP contribution < -0.4 is 5.32 Å². The number of carbonyl (C=O) groups excluding carboxylic acids is 2. The van der Waals surface area contributed by atoms with Crippen LogP contribution >= 0.6 is 0 Å². The minimum atomic E-state index is -0.832. The van der Waals surface area contributed by atoms with Gasteiger partial charge in [-0.05, 0) is 25.7 Å². The molecule has 2 N–H and O–H groups in total. The lowest BCUT2D eigenvalue weighted by Gasteiger charge is -2.36. The van der Waals surface area contributed by atoms with Crippen molar-refractivity contribution in [2.45, 2.75) is 46.5 Å². The highest BCUT2D eigenvalue weighted by Crippen LogP contribution is 2.45. The van der Waals surface area contributed by atoms with E-state index in [1.807, 2.05) is 20.8 Å². The maximum absolute atomic E-state index is 12.3. The van der Waals surface area contributed by atoms with E-state index in [2.05, 4.69) is 5.32 Å². The van der Waals surface area contributed by atoms with E-state index in [9.17, 15) is 14.4 Å². The summed E-state index contributed by atoms with van der Waals surface area (Å²) >= 11 is 0. The fraction of sp³-hybridized carbons (Fsp3) is 0.812. The van der Waals surface area contributed by atoms with Gasteiger partial charge in [0.05, 0.1) is 11.3 Å². The molecule has 1 aliphatic heterocycles. The van der Waals surface area contributed by atoms with Crippen LogP contribution in [0.3, 0.4) is 0 Å². The highest BCUT2D eigenvalue weighted by atomic mass is 16.4. The maximum atomic E-state index is 12.3. The Morgan fingerprint density at radius 2 is 1.91 bits per heavy atom. The van der Waals surface area contributed by atoms with Gasteiger partial charge in [0.15, 0.2) is 0 Å². The Bertz CT molecular complexity index is 477. The Morgan fingerprint density at radius 3 is 2.41 bits per heavy atom. The molecule has 124 valence electrons. The summed E-state index contributed by atoms with van der Waals surface area (Å²) < 4.78 is 0. The lowest BCUT2D eigenvalue weighted by molar-refractivity contribution is -0.143. The molecule has 1 saturated carbocycles.